The molecule has 2 aliphatic heterocycles. The number of sulfone groups is 1. The molecule has 0 atom stereocenters. The fraction of sp³-hybridized carbons (Fsp3) is 0.929. The Kier molecular flexibility index (Phi) is 4.74. The maximum Gasteiger partial charge on any atom is 0.222 e. The second-order valence-electron chi connectivity index (χ2n) is 6.63. The first kappa shape index (κ1) is 15.8. The maximum atomic E-state index is 12.3. The molecule has 0 saturated carbocycles. The first-order valence-corrected chi connectivity index (χ1v) is 9.18. The predicted molar refractivity (Wildman–Crippen MR) is 79.3 cm³/mol. The van der Waals surface area contributed by atoms with Crippen molar-refractivity contribution in [1.29, 1.82) is 0 Å². The second-order valence-corrected chi connectivity index (χ2v) is 9.37. The lowest BCUT2D eigenvalue weighted by atomic mass is 9.93. The number of carbonyl (C=O) groups excluding carboxylic acids is 1. The van der Waals surface area contributed by atoms with Crippen LogP contribution < -0.4 is 5.32 Å². The summed E-state index contributed by atoms with van der Waals surface area (Å²) >= 11 is 0. The van der Waals surface area contributed by atoms with E-state index in [0.717, 1.165) is 32.4 Å². The van der Waals surface area contributed by atoms with Gasteiger partial charge >= 0.3 is 0 Å². The molecular formula is C14H26N2O3S. The van der Waals surface area contributed by atoms with E-state index in [1.807, 2.05) is 0 Å². The number of rotatable bonds is 3. The molecule has 2 aliphatic rings. The molecule has 0 radical (unpaired) electrons. The number of nitrogens with one attached hydrogen (secondary N) is 1. The summed E-state index contributed by atoms with van der Waals surface area (Å²) in [5.41, 5.74) is 0. The molecule has 0 aromatic heterocycles. The van der Waals surface area contributed by atoms with Crippen molar-refractivity contribution in [2.45, 2.75) is 44.3 Å². The van der Waals surface area contributed by atoms with E-state index >= 15 is 0 Å². The number of nitrogens with zero attached hydrogens (tertiary/aromatic N) is 1. The number of amides is 1. The summed E-state index contributed by atoms with van der Waals surface area (Å²) in [7, 11) is -3.07. The van der Waals surface area contributed by atoms with Crippen molar-refractivity contribution in [2.75, 3.05) is 31.9 Å². The van der Waals surface area contributed by atoms with Gasteiger partial charge in [0.2, 0.25) is 5.91 Å². The summed E-state index contributed by atoms with van der Waals surface area (Å²) in [4.78, 5) is 14.0. The van der Waals surface area contributed by atoms with E-state index < -0.39 is 14.6 Å². The zero-order valence-corrected chi connectivity index (χ0v) is 13.3. The van der Waals surface area contributed by atoms with Crippen LogP contribution in [0.25, 0.3) is 0 Å². The van der Waals surface area contributed by atoms with E-state index in [0.29, 0.717) is 25.4 Å². The summed E-state index contributed by atoms with van der Waals surface area (Å²) in [6.45, 7) is 6.22. The van der Waals surface area contributed by atoms with E-state index in [1.165, 1.54) is 0 Å². The molecule has 0 aromatic rings. The van der Waals surface area contributed by atoms with Crippen LogP contribution in [0.15, 0.2) is 0 Å². The average molecular weight is 302 g/mol. The number of carbonyl (C=O) groups is 1. The Morgan fingerprint density at radius 3 is 2.55 bits per heavy atom. The summed E-state index contributed by atoms with van der Waals surface area (Å²) < 4.78 is 23.1. The molecule has 20 heavy (non-hydrogen) atoms. The summed E-state index contributed by atoms with van der Waals surface area (Å²) in [5, 5.41) is 3.32. The van der Waals surface area contributed by atoms with Crippen molar-refractivity contribution >= 4 is 15.7 Å². The van der Waals surface area contributed by atoms with Crippen LogP contribution in [0, 0.1) is 5.92 Å². The van der Waals surface area contributed by atoms with Crippen molar-refractivity contribution in [1.82, 2.24) is 10.2 Å². The van der Waals surface area contributed by atoms with E-state index in [9.17, 15) is 13.2 Å². The van der Waals surface area contributed by atoms with Crippen LogP contribution in [0.2, 0.25) is 0 Å². The standard InChI is InChI=1S/C14H26N2O3S/c1-14(2)11-16(9-10-20(14,18)19)13(17)4-3-12-5-7-15-8-6-12/h12,15H,3-11H2,1-2H3. The normalized spacial score (nSPS) is 26.4. The molecule has 0 aromatic carbocycles. The van der Waals surface area contributed by atoms with Crippen molar-refractivity contribution in [2.24, 2.45) is 5.92 Å². The third kappa shape index (κ3) is 3.52. The van der Waals surface area contributed by atoms with Gasteiger partial charge in [0.15, 0.2) is 9.84 Å². The topological polar surface area (TPSA) is 66.5 Å². The number of piperidine rings is 1. The van der Waals surface area contributed by atoms with Gasteiger partial charge in [-0.15, -0.1) is 0 Å². The van der Waals surface area contributed by atoms with Crippen LogP contribution in [0.4, 0.5) is 0 Å². The van der Waals surface area contributed by atoms with Crippen LogP contribution in [0.1, 0.15) is 39.5 Å². The molecule has 0 spiro atoms. The highest BCUT2D eigenvalue weighted by Gasteiger charge is 2.41. The highest BCUT2D eigenvalue weighted by atomic mass is 32.2. The highest BCUT2D eigenvalue weighted by molar-refractivity contribution is 7.92. The number of hydrogen-bond donors (Lipinski definition) is 1. The second kappa shape index (κ2) is 6.02. The summed E-state index contributed by atoms with van der Waals surface area (Å²) in [6, 6.07) is 0. The van der Waals surface area contributed by atoms with Gasteiger partial charge in [-0.2, -0.15) is 0 Å². The molecule has 1 N–H and O–H groups in total. The van der Waals surface area contributed by atoms with Crippen molar-refractivity contribution in [3.05, 3.63) is 0 Å². The molecular weight excluding hydrogens is 276 g/mol. The lowest BCUT2D eigenvalue weighted by Crippen LogP contribution is -2.54. The van der Waals surface area contributed by atoms with Gasteiger partial charge in [-0.05, 0) is 52.1 Å². The lowest BCUT2D eigenvalue weighted by molar-refractivity contribution is -0.131. The van der Waals surface area contributed by atoms with Gasteiger partial charge in [-0.25, -0.2) is 8.42 Å². The van der Waals surface area contributed by atoms with E-state index in [-0.39, 0.29) is 11.7 Å². The highest BCUT2D eigenvalue weighted by Crippen LogP contribution is 2.25. The van der Waals surface area contributed by atoms with Gasteiger partial charge in [-0.1, -0.05) is 0 Å². The van der Waals surface area contributed by atoms with Crippen LogP contribution in [-0.4, -0.2) is 55.9 Å². The van der Waals surface area contributed by atoms with Gasteiger partial charge in [0.25, 0.3) is 0 Å². The molecule has 2 fully saturated rings. The smallest absolute Gasteiger partial charge is 0.222 e. The molecule has 5 nitrogen and oxygen atoms in total. The molecule has 116 valence electrons. The fourth-order valence-electron chi connectivity index (χ4n) is 3.01. The van der Waals surface area contributed by atoms with Crippen LogP contribution in [0.5, 0.6) is 0 Å². The van der Waals surface area contributed by atoms with Gasteiger partial charge < -0.3 is 10.2 Å². The van der Waals surface area contributed by atoms with Gasteiger partial charge in [0, 0.05) is 19.5 Å². The quantitative estimate of drug-likeness (QED) is 0.837. The third-order valence-electron chi connectivity index (χ3n) is 4.62. The molecule has 1 amide bonds. The van der Waals surface area contributed by atoms with E-state index in [4.69, 9.17) is 0 Å². The van der Waals surface area contributed by atoms with Gasteiger partial charge in [0.05, 0.1) is 10.5 Å². The first-order chi connectivity index (χ1) is 9.32. The minimum Gasteiger partial charge on any atom is -0.340 e. The number of hydrogen-bond acceptors (Lipinski definition) is 4. The summed E-state index contributed by atoms with van der Waals surface area (Å²) in [6.07, 6.45) is 3.78. The van der Waals surface area contributed by atoms with Crippen LogP contribution in [0.3, 0.4) is 0 Å². The average Bonchev–Trinajstić information content (AvgIpc) is 2.40. The SMILES string of the molecule is CC1(C)CN(C(=O)CCC2CCNCC2)CCS1(=O)=O. The first-order valence-electron chi connectivity index (χ1n) is 7.53. The Balaban J connectivity index is 1.84. The third-order valence-corrected chi connectivity index (χ3v) is 7.15. The molecule has 2 saturated heterocycles. The molecule has 6 heteroatoms. The predicted octanol–water partition coefficient (Wildman–Crippen LogP) is 0.802. The Morgan fingerprint density at radius 2 is 1.95 bits per heavy atom. The van der Waals surface area contributed by atoms with Gasteiger partial charge in [-0.3, -0.25) is 4.79 Å². The van der Waals surface area contributed by atoms with E-state index in [1.54, 1.807) is 18.7 Å². The minimum atomic E-state index is -3.07. The van der Waals surface area contributed by atoms with Crippen molar-refractivity contribution in [3.8, 4) is 0 Å². The molecule has 0 aliphatic carbocycles. The molecule has 2 rings (SSSR count). The molecule has 2 heterocycles. The van der Waals surface area contributed by atoms with Crippen molar-refractivity contribution < 1.29 is 13.2 Å². The molecule has 0 unspecified atom stereocenters. The summed E-state index contributed by atoms with van der Waals surface area (Å²) in [5.74, 6) is 0.854. The van der Waals surface area contributed by atoms with Gasteiger partial charge in [0.1, 0.15) is 0 Å². The Bertz CT molecular complexity index is 453. The minimum absolute atomic E-state index is 0.0963. The largest absolute Gasteiger partial charge is 0.340 e. The van der Waals surface area contributed by atoms with Crippen molar-refractivity contribution in [3.63, 3.8) is 0 Å². The fourth-order valence-corrected chi connectivity index (χ4v) is 4.38. The Morgan fingerprint density at radius 1 is 1.30 bits per heavy atom. The van der Waals surface area contributed by atoms with Crippen LogP contribution >= 0.6 is 0 Å². The van der Waals surface area contributed by atoms with Crippen LogP contribution in [-0.2, 0) is 14.6 Å². The zero-order chi connectivity index (χ0) is 14.8. The Labute approximate surface area is 122 Å². The Hall–Kier alpha value is -0.620. The maximum absolute atomic E-state index is 12.3. The lowest BCUT2D eigenvalue weighted by Gasteiger charge is -2.37. The zero-order valence-electron chi connectivity index (χ0n) is 12.5. The monoisotopic (exact) mass is 302 g/mol. The van der Waals surface area contributed by atoms with E-state index in [2.05, 4.69) is 5.32 Å². The molecule has 0 bridgehead atoms.